The summed E-state index contributed by atoms with van der Waals surface area (Å²) in [4.78, 5) is 49.5. The number of nitrogens with one attached hydrogen (secondary N) is 2. The fraction of sp³-hybridized carbons (Fsp3) is 0.290. The Hall–Kier alpha value is -4.05. The molecule has 10 heteroatoms. The first-order chi connectivity index (χ1) is 19.7. The summed E-state index contributed by atoms with van der Waals surface area (Å²) >= 11 is 6.18. The number of anilines is 3. The van der Waals surface area contributed by atoms with Gasteiger partial charge in [0.2, 0.25) is 17.7 Å². The van der Waals surface area contributed by atoms with Crippen LogP contribution in [-0.4, -0.2) is 80.1 Å². The lowest BCUT2D eigenvalue weighted by molar-refractivity contribution is -0.120. The minimum absolute atomic E-state index is 0.0692. The maximum Gasteiger partial charge on any atom is 0.240 e. The lowest BCUT2D eigenvalue weighted by atomic mass is 9.90. The molecule has 212 valence electrons. The topological polar surface area (TPSA) is 97.3 Å². The van der Waals surface area contributed by atoms with E-state index in [9.17, 15) is 14.4 Å². The van der Waals surface area contributed by atoms with E-state index in [2.05, 4.69) is 27.5 Å². The standard InChI is InChI=1S/C31H33ClN6O3/c1-20(39)33-26-18-23(10-12-27(26)37(3)28(40)19-38-15-13-36(2)14-16-38)34-30(21-7-5-4-6-8-21)29-24-11-9-22(32)17-25(24)35-31(29)41/h4-12,17-18,29H,13-16,19H2,1-3H3,(H,33,39)(H,35,41). The van der Waals surface area contributed by atoms with Crippen molar-refractivity contribution in [1.82, 2.24) is 9.80 Å². The van der Waals surface area contributed by atoms with Gasteiger partial charge in [-0.15, -0.1) is 0 Å². The highest BCUT2D eigenvalue weighted by Crippen LogP contribution is 2.38. The molecule has 5 rings (SSSR count). The second-order valence-electron chi connectivity index (χ2n) is 10.4. The second kappa shape index (κ2) is 12.2. The zero-order valence-corrected chi connectivity index (χ0v) is 24.1. The second-order valence-corrected chi connectivity index (χ2v) is 10.9. The Kier molecular flexibility index (Phi) is 8.49. The highest BCUT2D eigenvalue weighted by Gasteiger charge is 2.35. The Morgan fingerprint density at radius 3 is 2.49 bits per heavy atom. The molecule has 1 saturated heterocycles. The largest absolute Gasteiger partial charge is 0.325 e. The van der Waals surface area contributed by atoms with Crippen molar-refractivity contribution in [2.24, 2.45) is 4.99 Å². The van der Waals surface area contributed by atoms with E-state index in [1.807, 2.05) is 36.4 Å². The number of hydrogen-bond acceptors (Lipinski definition) is 6. The summed E-state index contributed by atoms with van der Waals surface area (Å²) in [5.74, 6) is -1.18. The molecule has 0 radical (unpaired) electrons. The molecule has 41 heavy (non-hydrogen) atoms. The zero-order chi connectivity index (χ0) is 29.1. The van der Waals surface area contributed by atoms with Crippen LogP contribution in [-0.2, 0) is 14.4 Å². The molecule has 2 aliphatic heterocycles. The molecule has 1 fully saturated rings. The quantitative estimate of drug-likeness (QED) is 0.410. The number of likely N-dealkylation sites (N-methyl/N-ethyl adjacent to an activating group) is 2. The van der Waals surface area contributed by atoms with Gasteiger partial charge in [-0.05, 0) is 48.5 Å². The first kappa shape index (κ1) is 28.5. The number of amides is 3. The number of hydrogen-bond donors (Lipinski definition) is 2. The van der Waals surface area contributed by atoms with E-state index in [0.717, 1.165) is 37.3 Å². The molecule has 0 aliphatic carbocycles. The summed E-state index contributed by atoms with van der Waals surface area (Å²) in [6.45, 7) is 5.21. The van der Waals surface area contributed by atoms with Crippen LogP contribution in [0.3, 0.4) is 0 Å². The number of benzene rings is 3. The summed E-state index contributed by atoms with van der Waals surface area (Å²) < 4.78 is 0. The van der Waals surface area contributed by atoms with Crippen molar-refractivity contribution < 1.29 is 14.4 Å². The van der Waals surface area contributed by atoms with E-state index in [4.69, 9.17) is 16.6 Å². The molecule has 0 aromatic heterocycles. The number of carbonyl (C=O) groups is 3. The molecule has 0 bridgehead atoms. The van der Waals surface area contributed by atoms with Crippen molar-refractivity contribution >= 4 is 57.8 Å². The first-order valence-electron chi connectivity index (χ1n) is 13.5. The van der Waals surface area contributed by atoms with E-state index >= 15 is 0 Å². The number of piperazine rings is 1. The van der Waals surface area contributed by atoms with Crippen molar-refractivity contribution in [3.63, 3.8) is 0 Å². The van der Waals surface area contributed by atoms with Crippen LogP contribution in [0.15, 0.2) is 71.7 Å². The predicted molar refractivity (Wildman–Crippen MR) is 164 cm³/mol. The Morgan fingerprint density at radius 1 is 1.05 bits per heavy atom. The third-order valence-electron chi connectivity index (χ3n) is 7.42. The van der Waals surface area contributed by atoms with E-state index in [1.54, 1.807) is 42.3 Å². The van der Waals surface area contributed by atoms with Crippen molar-refractivity contribution in [3.8, 4) is 0 Å². The molecule has 9 nitrogen and oxygen atoms in total. The minimum Gasteiger partial charge on any atom is -0.325 e. The molecule has 2 heterocycles. The molecule has 2 aliphatic rings. The van der Waals surface area contributed by atoms with Gasteiger partial charge in [0.1, 0.15) is 5.92 Å². The van der Waals surface area contributed by atoms with Crippen LogP contribution in [0.5, 0.6) is 0 Å². The maximum absolute atomic E-state index is 13.2. The summed E-state index contributed by atoms with van der Waals surface area (Å²) in [5.41, 5.74) is 4.36. The fourth-order valence-corrected chi connectivity index (χ4v) is 5.34. The predicted octanol–water partition coefficient (Wildman–Crippen LogP) is 4.37. The zero-order valence-electron chi connectivity index (χ0n) is 23.4. The third-order valence-corrected chi connectivity index (χ3v) is 7.66. The summed E-state index contributed by atoms with van der Waals surface area (Å²) in [6.07, 6.45) is 0. The molecule has 1 unspecified atom stereocenters. The fourth-order valence-electron chi connectivity index (χ4n) is 5.16. The van der Waals surface area contributed by atoms with Gasteiger partial charge in [0.25, 0.3) is 0 Å². The van der Waals surface area contributed by atoms with Crippen LogP contribution in [0.1, 0.15) is 24.0 Å². The lowest BCUT2D eigenvalue weighted by Gasteiger charge is -2.33. The number of halogens is 1. The van der Waals surface area contributed by atoms with Gasteiger partial charge < -0.3 is 20.4 Å². The van der Waals surface area contributed by atoms with Gasteiger partial charge in [0, 0.05) is 50.9 Å². The van der Waals surface area contributed by atoms with Crippen molar-refractivity contribution in [3.05, 3.63) is 82.9 Å². The molecule has 1 atom stereocenters. The number of carbonyl (C=O) groups excluding carboxylic acids is 3. The molecule has 2 N–H and O–H groups in total. The van der Waals surface area contributed by atoms with Gasteiger partial charge in [-0.1, -0.05) is 48.0 Å². The van der Waals surface area contributed by atoms with Crippen LogP contribution in [0.2, 0.25) is 5.02 Å². The molecule has 0 spiro atoms. The van der Waals surface area contributed by atoms with Crippen LogP contribution in [0, 0.1) is 0 Å². The number of rotatable bonds is 7. The molecule has 3 aromatic carbocycles. The number of aliphatic imine (C=N–C) groups is 1. The summed E-state index contributed by atoms with van der Waals surface area (Å²) in [5, 5.41) is 6.31. The Bertz CT molecular complexity index is 1500. The Morgan fingerprint density at radius 2 is 1.78 bits per heavy atom. The summed E-state index contributed by atoms with van der Waals surface area (Å²) in [6, 6.07) is 20.1. The Balaban J connectivity index is 1.50. The summed E-state index contributed by atoms with van der Waals surface area (Å²) in [7, 11) is 3.79. The average Bonchev–Trinajstić information content (AvgIpc) is 3.27. The van der Waals surface area contributed by atoms with Crippen LogP contribution >= 0.6 is 11.6 Å². The third kappa shape index (κ3) is 6.48. The average molecular weight is 573 g/mol. The molecular weight excluding hydrogens is 540 g/mol. The Labute approximate surface area is 244 Å². The monoisotopic (exact) mass is 572 g/mol. The van der Waals surface area contributed by atoms with Crippen molar-refractivity contribution in [2.45, 2.75) is 12.8 Å². The smallest absolute Gasteiger partial charge is 0.240 e. The number of nitrogens with zero attached hydrogens (tertiary/aromatic N) is 4. The van der Waals surface area contributed by atoms with E-state index in [-0.39, 0.29) is 17.7 Å². The van der Waals surface area contributed by atoms with Crippen LogP contribution < -0.4 is 15.5 Å². The maximum atomic E-state index is 13.2. The van der Waals surface area contributed by atoms with Crippen LogP contribution in [0.25, 0.3) is 0 Å². The normalized spacial score (nSPS) is 17.6. The van der Waals surface area contributed by atoms with Gasteiger partial charge >= 0.3 is 0 Å². The van der Waals surface area contributed by atoms with Gasteiger partial charge in [0.15, 0.2) is 0 Å². The highest BCUT2D eigenvalue weighted by atomic mass is 35.5. The SMILES string of the molecule is CC(=O)Nc1cc(N=C(c2ccccc2)C2C(=O)Nc3cc(Cl)ccc32)ccc1N(C)C(=O)CN1CCN(C)CC1. The van der Waals surface area contributed by atoms with E-state index < -0.39 is 5.92 Å². The van der Waals surface area contributed by atoms with Gasteiger partial charge in [0.05, 0.1) is 29.3 Å². The van der Waals surface area contributed by atoms with Crippen LogP contribution in [0.4, 0.5) is 22.7 Å². The van der Waals surface area contributed by atoms with E-state index in [0.29, 0.717) is 40.0 Å². The molecular formula is C31H33ClN6O3. The number of fused-ring (bicyclic) bond motifs is 1. The van der Waals surface area contributed by atoms with E-state index in [1.165, 1.54) is 6.92 Å². The molecule has 3 amide bonds. The first-order valence-corrected chi connectivity index (χ1v) is 13.9. The van der Waals surface area contributed by atoms with Gasteiger partial charge in [-0.25, -0.2) is 0 Å². The van der Waals surface area contributed by atoms with Gasteiger partial charge in [-0.2, -0.15) is 0 Å². The van der Waals surface area contributed by atoms with Crippen molar-refractivity contribution in [1.29, 1.82) is 0 Å². The lowest BCUT2D eigenvalue weighted by Crippen LogP contribution is -2.48. The van der Waals surface area contributed by atoms with Gasteiger partial charge in [-0.3, -0.25) is 24.3 Å². The highest BCUT2D eigenvalue weighted by molar-refractivity contribution is 6.31. The molecule has 0 saturated carbocycles. The molecule has 3 aromatic rings. The minimum atomic E-state index is -0.651. The van der Waals surface area contributed by atoms with Crippen molar-refractivity contribution in [2.75, 3.05) is 62.4 Å².